The van der Waals surface area contributed by atoms with Gasteiger partial charge < -0.3 is 15.2 Å². The minimum Gasteiger partial charge on any atom is -0.508 e. The molecule has 0 spiro atoms. The van der Waals surface area contributed by atoms with Crippen LogP contribution in [0, 0.1) is 0 Å². The molecular weight excluding hydrogens is 250 g/mol. The molecule has 0 aromatic heterocycles. The van der Waals surface area contributed by atoms with Crippen LogP contribution in [0.3, 0.4) is 0 Å². The van der Waals surface area contributed by atoms with Crippen molar-refractivity contribution in [2.45, 2.75) is 25.8 Å². The first-order valence-corrected chi connectivity index (χ1v) is 6.86. The molecule has 0 fully saturated rings. The number of aryl methyl sites for hydroxylation is 1. The lowest BCUT2D eigenvalue weighted by Gasteiger charge is -2.15. The second kappa shape index (κ2) is 6.85. The van der Waals surface area contributed by atoms with E-state index >= 15 is 0 Å². The van der Waals surface area contributed by atoms with Crippen molar-refractivity contribution in [3.05, 3.63) is 54.1 Å². The van der Waals surface area contributed by atoms with E-state index in [4.69, 9.17) is 4.74 Å². The maximum absolute atomic E-state index is 9.25. The molecule has 2 aromatic carbocycles. The maximum atomic E-state index is 9.25. The maximum Gasteiger partial charge on any atom is 0.118 e. The number of benzene rings is 2. The van der Waals surface area contributed by atoms with Gasteiger partial charge in [0.2, 0.25) is 0 Å². The van der Waals surface area contributed by atoms with Gasteiger partial charge in [0.15, 0.2) is 0 Å². The lowest BCUT2D eigenvalue weighted by Crippen LogP contribution is -2.15. The summed E-state index contributed by atoms with van der Waals surface area (Å²) in [5.41, 5.74) is 2.34. The van der Waals surface area contributed by atoms with Crippen molar-refractivity contribution in [2.75, 3.05) is 12.4 Å². The van der Waals surface area contributed by atoms with Crippen molar-refractivity contribution in [1.82, 2.24) is 0 Å². The third-order valence-corrected chi connectivity index (χ3v) is 3.31. The predicted molar refractivity (Wildman–Crippen MR) is 82.5 cm³/mol. The molecule has 2 N–H and O–H groups in total. The van der Waals surface area contributed by atoms with E-state index in [2.05, 4.69) is 24.4 Å². The Labute approximate surface area is 120 Å². The van der Waals surface area contributed by atoms with Crippen molar-refractivity contribution >= 4 is 5.69 Å². The summed E-state index contributed by atoms with van der Waals surface area (Å²) in [4.78, 5) is 0. The number of aromatic hydroxyl groups is 1. The quantitative estimate of drug-likeness (QED) is 0.784. The van der Waals surface area contributed by atoms with Gasteiger partial charge in [-0.25, -0.2) is 0 Å². The van der Waals surface area contributed by atoms with E-state index < -0.39 is 0 Å². The van der Waals surface area contributed by atoms with E-state index in [1.807, 2.05) is 24.3 Å². The predicted octanol–water partition coefficient (Wildman–Crippen LogP) is 3.83. The summed E-state index contributed by atoms with van der Waals surface area (Å²) >= 11 is 0. The fourth-order valence-electron chi connectivity index (χ4n) is 2.09. The van der Waals surface area contributed by atoms with Crippen LogP contribution in [0.5, 0.6) is 11.5 Å². The zero-order valence-electron chi connectivity index (χ0n) is 12.0. The van der Waals surface area contributed by atoms with E-state index in [0.29, 0.717) is 11.8 Å². The molecule has 3 heteroatoms. The Bertz CT molecular complexity index is 520. The number of nitrogens with one attached hydrogen (secondary N) is 1. The third-order valence-electron chi connectivity index (χ3n) is 3.31. The number of phenols is 1. The molecular formula is C17H21NO2. The summed E-state index contributed by atoms with van der Waals surface area (Å²) in [6.45, 7) is 2.16. The Morgan fingerprint density at radius 1 is 1.05 bits per heavy atom. The van der Waals surface area contributed by atoms with Crippen LogP contribution >= 0.6 is 0 Å². The molecule has 0 saturated carbocycles. The van der Waals surface area contributed by atoms with Gasteiger partial charge in [0.1, 0.15) is 11.5 Å². The zero-order chi connectivity index (χ0) is 14.4. The van der Waals surface area contributed by atoms with Crippen LogP contribution in [0.15, 0.2) is 48.5 Å². The number of methoxy groups -OCH3 is 1. The highest BCUT2D eigenvalue weighted by atomic mass is 16.5. The van der Waals surface area contributed by atoms with Gasteiger partial charge in [-0.05, 0) is 61.7 Å². The molecule has 0 aliphatic rings. The first kappa shape index (κ1) is 14.3. The lowest BCUT2D eigenvalue weighted by atomic mass is 10.1. The first-order chi connectivity index (χ1) is 9.67. The molecule has 106 valence electrons. The molecule has 0 saturated heterocycles. The Balaban J connectivity index is 1.82. The van der Waals surface area contributed by atoms with Crippen LogP contribution in [0.4, 0.5) is 5.69 Å². The molecule has 1 unspecified atom stereocenters. The molecule has 3 nitrogen and oxygen atoms in total. The molecule has 2 rings (SSSR count). The van der Waals surface area contributed by atoms with Gasteiger partial charge in [-0.2, -0.15) is 0 Å². The summed E-state index contributed by atoms with van der Waals surface area (Å²) in [5.74, 6) is 1.19. The molecule has 0 radical (unpaired) electrons. The zero-order valence-corrected chi connectivity index (χ0v) is 12.0. The van der Waals surface area contributed by atoms with Gasteiger partial charge in [-0.3, -0.25) is 0 Å². The van der Waals surface area contributed by atoms with Crippen molar-refractivity contribution in [3.8, 4) is 11.5 Å². The van der Waals surface area contributed by atoms with Gasteiger partial charge >= 0.3 is 0 Å². The minimum atomic E-state index is 0.293. The number of anilines is 1. The highest BCUT2D eigenvalue weighted by Gasteiger charge is 2.03. The summed E-state index contributed by atoms with van der Waals surface area (Å²) in [5, 5.41) is 12.7. The Kier molecular flexibility index (Phi) is 4.88. The van der Waals surface area contributed by atoms with Crippen molar-refractivity contribution in [3.63, 3.8) is 0 Å². The van der Waals surface area contributed by atoms with E-state index in [-0.39, 0.29) is 0 Å². The van der Waals surface area contributed by atoms with E-state index in [1.54, 1.807) is 19.2 Å². The fourth-order valence-corrected chi connectivity index (χ4v) is 2.09. The lowest BCUT2D eigenvalue weighted by molar-refractivity contribution is 0.414. The van der Waals surface area contributed by atoms with Crippen LogP contribution in [0.1, 0.15) is 18.9 Å². The van der Waals surface area contributed by atoms with Gasteiger partial charge in [0, 0.05) is 11.7 Å². The van der Waals surface area contributed by atoms with Crippen molar-refractivity contribution in [1.29, 1.82) is 0 Å². The standard InChI is InChI=1S/C17H21NO2/c1-13(18-15-7-9-16(19)10-8-15)3-4-14-5-11-17(20-2)12-6-14/h5-13,18-19H,3-4H2,1-2H3. The Morgan fingerprint density at radius 3 is 2.30 bits per heavy atom. The van der Waals surface area contributed by atoms with Crippen LogP contribution in [-0.4, -0.2) is 18.3 Å². The monoisotopic (exact) mass is 271 g/mol. The second-order valence-corrected chi connectivity index (χ2v) is 4.98. The van der Waals surface area contributed by atoms with E-state index in [9.17, 15) is 5.11 Å². The van der Waals surface area contributed by atoms with Crippen LogP contribution in [0.2, 0.25) is 0 Å². The first-order valence-electron chi connectivity index (χ1n) is 6.86. The molecule has 20 heavy (non-hydrogen) atoms. The largest absolute Gasteiger partial charge is 0.508 e. The summed E-state index contributed by atoms with van der Waals surface area (Å²) < 4.78 is 5.15. The number of hydrogen-bond acceptors (Lipinski definition) is 3. The summed E-state index contributed by atoms with van der Waals surface area (Å²) in [6.07, 6.45) is 2.07. The SMILES string of the molecule is COc1ccc(CCC(C)Nc2ccc(O)cc2)cc1. The smallest absolute Gasteiger partial charge is 0.118 e. The number of ether oxygens (including phenoxy) is 1. The number of phenolic OH excluding ortho intramolecular Hbond substituents is 1. The second-order valence-electron chi connectivity index (χ2n) is 4.98. The average Bonchev–Trinajstić information content (AvgIpc) is 2.48. The average molecular weight is 271 g/mol. The van der Waals surface area contributed by atoms with Gasteiger partial charge in [0.25, 0.3) is 0 Å². The topological polar surface area (TPSA) is 41.5 Å². The van der Waals surface area contributed by atoms with Gasteiger partial charge in [0.05, 0.1) is 7.11 Å². The van der Waals surface area contributed by atoms with Crippen molar-refractivity contribution in [2.24, 2.45) is 0 Å². The number of hydrogen-bond donors (Lipinski definition) is 2. The van der Waals surface area contributed by atoms with Crippen LogP contribution < -0.4 is 10.1 Å². The molecule has 0 aliphatic carbocycles. The Hall–Kier alpha value is -2.16. The van der Waals surface area contributed by atoms with Crippen LogP contribution in [-0.2, 0) is 6.42 Å². The molecule has 0 aliphatic heterocycles. The fraction of sp³-hybridized carbons (Fsp3) is 0.294. The Morgan fingerprint density at radius 2 is 1.70 bits per heavy atom. The molecule has 0 amide bonds. The van der Waals surface area contributed by atoms with Crippen LogP contribution in [0.25, 0.3) is 0 Å². The normalized spacial score (nSPS) is 11.9. The minimum absolute atomic E-state index is 0.293. The molecule has 2 aromatic rings. The molecule has 0 bridgehead atoms. The van der Waals surface area contributed by atoms with Crippen molar-refractivity contribution < 1.29 is 9.84 Å². The molecule has 0 heterocycles. The molecule has 1 atom stereocenters. The third kappa shape index (κ3) is 4.19. The summed E-state index contributed by atoms with van der Waals surface area (Å²) in [6, 6.07) is 15.7. The van der Waals surface area contributed by atoms with Gasteiger partial charge in [-0.1, -0.05) is 12.1 Å². The van der Waals surface area contributed by atoms with E-state index in [0.717, 1.165) is 24.3 Å². The van der Waals surface area contributed by atoms with Gasteiger partial charge in [-0.15, -0.1) is 0 Å². The highest BCUT2D eigenvalue weighted by molar-refractivity contribution is 5.46. The van der Waals surface area contributed by atoms with E-state index in [1.165, 1.54) is 5.56 Å². The summed E-state index contributed by atoms with van der Waals surface area (Å²) in [7, 11) is 1.68. The number of rotatable bonds is 6. The highest BCUT2D eigenvalue weighted by Crippen LogP contribution is 2.17.